The molecule has 0 N–H and O–H groups in total. The van der Waals surface area contributed by atoms with Crippen LogP contribution in [-0.2, 0) is 16.9 Å². The van der Waals surface area contributed by atoms with Crippen LogP contribution < -0.4 is 4.90 Å². The summed E-state index contributed by atoms with van der Waals surface area (Å²) in [5.41, 5.74) is 4.25. The third-order valence-corrected chi connectivity index (χ3v) is 6.73. The second kappa shape index (κ2) is 9.04. The van der Waals surface area contributed by atoms with Crippen LogP contribution in [-0.4, -0.2) is 37.1 Å². The van der Waals surface area contributed by atoms with E-state index in [1.165, 1.54) is 55.6 Å². The molecule has 1 spiro atoms. The summed E-state index contributed by atoms with van der Waals surface area (Å²) in [6.07, 6.45) is 4.88. The lowest BCUT2D eigenvalue weighted by atomic mass is 9.77. The van der Waals surface area contributed by atoms with E-state index in [1.54, 1.807) is 0 Å². The van der Waals surface area contributed by atoms with Gasteiger partial charge in [-0.25, -0.2) is 0 Å². The molecule has 5 rings (SSSR count). The molecule has 152 valence electrons. The molecule has 2 fully saturated rings. The number of ether oxygens (including phenoxy) is 1. The molecule has 1 aliphatic carbocycles. The molecule has 5 heteroatoms. The van der Waals surface area contributed by atoms with Gasteiger partial charge in [-0.1, -0.05) is 42.5 Å². The zero-order chi connectivity index (χ0) is 17.4. The van der Waals surface area contributed by atoms with E-state index in [0.717, 1.165) is 25.7 Å². The summed E-state index contributed by atoms with van der Waals surface area (Å²) in [6.45, 7) is 5.46. The van der Waals surface area contributed by atoms with Gasteiger partial charge in [0, 0.05) is 37.9 Å². The van der Waals surface area contributed by atoms with Crippen molar-refractivity contribution in [1.82, 2.24) is 4.90 Å². The molecule has 1 saturated carbocycles. The van der Waals surface area contributed by atoms with Crippen LogP contribution >= 0.6 is 24.8 Å². The first kappa shape index (κ1) is 21.4. The van der Waals surface area contributed by atoms with Crippen LogP contribution in [0.1, 0.15) is 36.8 Å². The van der Waals surface area contributed by atoms with Crippen molar-refractivity contribution in [3.8, 4) is 0 Å². The largest absolute Gasteiger partial charge is 0.369 e. The first-order chi connectivity index (χ1) is 12.8. The predicted molar refractivity (Wildman–Crippen MR) is 120 cm³/mol. The number of nitrogens with zero attached hydrogens (tertiary/aromatic N) is 2. The van der Waals surface area contributed by atoms with Crippen molar-refractivity contribution in [3.05, 3.63) is 65.7 Å². The fourth-order valence-electron chi connectivity index (χ4n) is 5.22. The van der Waals surface area contributed by atoms with E-state index in [0.29, 0.717) is 0 Å². The normalized spacial score (nSPS) is 27.0. The summed E-state index contributed by atoms with van der Waals surface area (Å²) in [5.74, 6) is 0. The topological polar surface area (TPSA) is 15.7 Å². The number of halogens is 2. The summed E-state index contributed by atoms with van der Waals surface area (Å²) < 4.78 is 6.34. The molecule has 0 amide bonds. The van der Waals surface area contributed by atoms with E-state index >= 15 is 0 Å². The molecule has 0 radical (unpaired) electrons. The molecule has 3 nitrogen and oxygen atoms in total. The highest BCUT2D eigenvalue weighted by Crippen LogP contribution is 2.47. The second-order valence-corrected chi connectivity index (χ2v) is 8.03. The smallest absolute Gasteiger partial charge is 0.0940 e. The molecule has 3 aliphatic rings. The lowest BCUT2D eigenvalue weighted by molar-refractivity contribution is -0.0777. The Morgan fingerprint density at radius 3 is 2.14 bits per heavy atom. The van der Waals surface area contributed by atoms with Crippen LogP contribution in [0.15, 0.2) is 54.6 Å². The molecule has 0 unspecified atom stereocenters. The van der Waals surface area contributed by atoms with Gasteiger partial charge in [-0.15, -0.1) is 24.8 Å². The summed E-state index contributed by atoms with van der Waals surface area (Å²) in [5, 5.41) is 0. The highest BCUT2D eigenvalue weighted by Gasteiger charge is 2.43. The van der Waals surface area contributed by atoms with Crippen LogP contribution in [0, 0.1) is 0 Å². The molecule has 2 heterocycles. The average Bonchev–Trinajstić information content (AvgIpc) is 3.08. The molecule has 2 aromatic carbocycles. The van der Waals surface area contributed by atoms with Crippen LogP contribution in [0.5, 0.6) is 0 Å². The fraction of sp³-hybridized carbons (Fsp3) is 0.478. The van der Waals surface area contributed by atoms with Crippen LogP contribution in [0.2, 0.25) is 0 Å². The number of benzene rings is 2. The van der Waals surface area contributed by atoms with Gasteiger partial charge in [0.15, 0.2) is 0 Å². The number of hydrogen-bond acceptors (Lipinski definition) is 3. The Morgan fingerprint density at radius 2 is 1.43 bits per heavy atom. The van der Waals surface area contributed by atoms with E-state index in [-0.39, 0.29) is 30.4 Å². The Hall–Kier alpha value is -1.26. The van der Waals surface area contributed by atoms with Gasteiger partial charge in [0.1, 0.15) is 0 Å². The second-order valence-electron chi connectivity index (χ2n) is 8.03. The zero-order valence-corrected chi connectivity index (χ0v) is 17.9. The van der Waals surface area contributed by atoms with Crippen molar-refractivity contribution in [2.45, 2.75) is 43.9 Å². The van der Waals surface area contributed by atoms with E-state index in [9.17, 15) is 0 Å². The Kier molecular flexibility index (Phi) is 6.93. The first-order valence-corrected chi connectivity index (χ1v) is 10.1. The Morgan fingerprint density at radius 1 is 0.786 bits per heavy atom. The third kappa shape index (κ3) is 3.91. The van der Waals surface area contributed by atoms with Gasteiger partial charge >= 0.3 is 0 Å². The lowest BCUT2D eigenvalue weighted by Gasteiger charge is -2.45. The summed E-state index contributed by atoms with van der Waals surface area (Å²) in [6, 6.07) is 20.4. The summed E-state index contributed by atoms with van der Waals surface area (Å²) in [7, 11) is 0. The maximum atomic E-state index is 6.34. The highest BCUT2D eigenvalue weighted by molar-refractivity contribution is 5.85. The number of rotatable bonds is 2. The van der Waals surface area contributed by atoms with Crippen molar-refractivity contribution < 1.29 is 4.74 Å². The average molecular weight is 421 g/mol. The fourth-order valence-corrected chi connectivity index (χ4v) is 5.22. The van der Waals surface area contributed by atoms with Crippen molar-refractivity contribution in [2.24, 2.45) is 0 Å². The Balaban J connectivity index is 0.00000112. The predicted octanol–water partition coefficient (Wildman–Crippen LogP) is 5.02. The zero-order valence-electron chi connectivity index (χ0n) is 16.3. The Labute approximate surface area is 180 Å². The Bertz CT molecular complexity index is 754. The van der Waals surface area contributed by atoms with Gasteiger partial charge in [0.25, 0.3) is 0 Å². The van der Waals surface area contributed by atoms with E-state index in [4.69, 9.17) is 4.74 Å². The molecular formula is C23H30Cl2N2O. The van der Waals surface area contributed by atoms with Crippen molar-refractivity contribution >= 4 is 30.5 Å². The SMILES string of the molecule is Cl.Cl.c1ccc(N2CCN(C3CCC4(CC3)OCc3ccccc34)CC2)cc1. The molecule has 2 aromatic rings. The lowest BCUT2D eigenvalue weighted by Crippen LogP contribution is -2.52. The van der Waals surface area contributed by atoms with Crippen LogP contribution in [0.4, 0.5) is 5.69 Å². The number of para-hydroxylation sites is 1. The molecule has 0 atom stereocenters. The van der Waals surface area contributed by atoms with Gasteiger partial charge in [-0.2, -0.15) is 0 Å². The van der Waals surface area contributed by atoms with Crippen LogP contribution in [0.25, 0.3) is 0 Å². The van der Waals surface area contributed by atoms with Crippen molar-refractivity contribution in [2.75, 3.05) is 31.1 Å². The highest BCUT2D eigenvalue weighted by atomic mass is 35.5. The minimum absolute atomic E-state index is 0. The molecular weight excluding hydrogens is 391 g/mol. The van der Waals surface area contributed by atoms with Crippen molar-refractivity contribution in [3.63, 3.8) is 0 Å². The first-order valence-electron chi connectivity index (χ1n) is 10.1. The quantitative estimate of drug-likeness (QED) is 0.677. The number of hydrogen-bond donors (Lipinski definition) is 0. The molecule has 1 saturated heterocycles. The van der Waals surface area contributed by atoms with E-state index < -0.39 is 0 Å². The minimum Gasteiger partial charge on any atom is -0.369 e. The monoisotopic (exact) mass is 420 g/mol. The molecule has 28 heavy (non-hydrogen) atoms. The summed E-state index contributed by atoms with van der Waals surface area (Å²) in [4.78, 5) is 5.25. The maximum absolute atomic E-state index is 6.34. The minimum atomic E-state index is 0. The van der Waals surface area contributed by atoms with Crippen molar-refractivity contribution in [1.29, 1.82) is 0 Å². The number of anilines is 1. The van der Waals surface area contributed by atoms with Gasteiger partial charge in [0.05, 0.1) is 12.2 Å². The molecule has 0 bridgehead atoms. The molecule has 2 aliphatic heterocycles. The summed E-state index contributed by atoms with van der Waals surface area (Å²) >= 11 is 0. The van der Waals surface area contributed by atoms with Gasteiger partial charge in [-0.05, 0) is 48.9 Å². The maximum Gasteiger partial charge on any atom is 0.0940 e. The standard InChI is InChI=1S/C23H28N2O.2ClH/c1-2-7-20(8-3-1)24-14-16-25(17-15-24)21-10-12-23(13-11-21)22-9-5-4-6-19(22)18-26-23;;/h1-9,21H,10-18H2;2*1H. The van der Waals surface area contributed by atoms with E-state index in [2.05, 4.69) is 64.4 Å². The van der Waals surface area contributed by atoms with Gasteiger partial charge in [0.2, 0.25) is 0 Å². The van der Waals surface area contributed by atoms with E-state index in [1.807, 2.05) is 0 Å². The number of fused-ring (bicyclic) bond motifs is 2. The third-order valence-electron chi connectivity index (χ3n) is 6.73. The van der Waals surface area contributed by atoms with Crippen LogP contribution in [0.3, 0.4) is 0 Å². The van der Waals surface area contributed by atoms with Gasteiger partial charge in [-0.3, -0.25) is 4.90 Å². The molecule has 0 aromatic heterocycles. The number of piperazine rings is 1. The van der Waals surface area contributed by atoms with Gasteiger partial charge < -0.3 is 9.64 Å².